The summed E-state index contributed by atoms with van der Waals surface area (Å²) in [7, 11) is 0. The smallest absolute Gasteiger partial charge is 0.164 e. The number of para-hydroxylation sites is 2. The van der Waals surface area contributed by atoms with E-state index in [0.717, 1.165) is 82.0 Å². The van der Waals surface area contributed by atoms with Crippen molar-refractivity contribution in [1.29, 1.82) is 0 Å². The second-order valence-corrected chi connectivity index (χ2v) is 15.6. The quantitative estimate of drug-likeness (QED) is 0.175. The Kier molecular flexibility index (Phi) is 7.33. The van der Waals surface area contributed by atoms with Crippen molar-refractivity contribution in [3.05, 3.63) is 182 Å². The van der Waals surface area contributed by atoms with Gasteiger partial charge in [0.1, 0.15) is 16.0 Å². The molecule has 0 saturated carbocycles. The van der Waals surface area contributed by atoms with Crippen molar-refractivity contribution in [3.63, 3.8) is 0 Å². The van der Waals surface area contributed by atoms with E-state index in [-0.39, 0.29) is 0 Å². The van der Waals surface area contributed by atoms with Crippen LogP contribution in [0.3, 0.4) is 0 Å². The average Bonchev–Trinajstić information content (AvgIpc) is 3.87. The Bertz CT molecular complexity index is 3570. The molecule has 270 valence electrons. The molecule has 0 bridgehead atoms. The number of pyridine rings is 1. The lowest BCUT2D eigenvalue weighted by Gasteiger charge is -2.13. The van der Waals surface area contributed by atoms with E-state index in [1.807, 2.05) is 42.5 Å². The molecule has 0 N–H and O–H groups in total. The third-order valence-corrected chi connectivity index (χ3v) is 12.2. The number of nitrogens with zero attached hydrogens (tertiary/aromatic N) is 4. The van der Waals surface area contributed by atoms with Crippen LogP contribution in [0.25, 0.3) is 120 Å². The number of furan rings is 1. The molecule has 0 unspecified atom stereocenters. The van der Waals surface area contributed by atoms with Crippen LogP contribution < -0.4 is 0 Å². The van der Waals surface area contributed by atoms with Crippen molar-refractivity contribution >= 4 is 75.1 Å². The molecule has 0 aliphatic rings. The molecule has 5 nitrogen and oxygen atoms in total. The minimum Gasteiger partial charge on any atom is -0.455 e. The maximum Gasteiger partial charge on any atom is 0.164 e. The fourth-order valence-corrected chi connectivity index (χ4v) is 9.56. The minimum absolute atomic E-state index is 0.605. The van der Waals surface area contributed by atoms with Gasteiger partial charge in [0.15, 0.2) is 17.5 Å². The number of rotatable bonds is 5. The van der Waals surface area contributed by atoms with Gasteiger partial charge in [0.05, 0.1) is 5.69 Å². The van der Waals surface area contributed by atoms with Gasteiger partial charge in [-0.15, -0.1) is 11.3 Å². The second kappa shape index (κ2) is 13.0. The summed E-state index contributed by atoms with van der Waals surface area (Å²) in [6.45, 7) is 0. The number of thiophene rings is 1. The first kappa shape index (κ1) is 32.7. The minimum atomic E-state index is 0.605. The summed E-state index contributed by atoms with van der Waals surface area (Å²) in [4.78, 5) is 21.7. The van der Waals surface area contributed by atoms with Gasteiger partial charge in [-0.3, -0.25) is 0 Å². The Labute approximate surface area is 336 Å². The zero-order valence-electron chi connectivity index (χ0n) is 30.9. The van der Waals surface area contributed by atoms with Crippen molar-refractivity contribution in [1.82, 2.24) is 19.9 Å². The summed E-state index contributed by atoms with van der Waals surface area (Å²) in [6.07, 6.45) is 0. The molecule has 0 saturated heterocycles. The van der Waals surface area contributed by atoms with Gasteiger partial charge in [-0.2, -0.15) is 0 Å². The molecule has 0 aliphatic heterocycles. The van der Waals surface area contributed by atoms with Crippen LogP contribution in [0.4, 0.5) is 0 Å². The first-order valence-electron chi connectivity index (χ1n) is 19.3. The molecule has 6 heteroatoms. The van der Waals surface area contributed by atoms with Crippen LogP contribution in [0, 0.1) is 0 Å². The van der Waals surface area contributed by atoms with E-state index in [1.165, 1.54) is 20.9 Å². The van der Waals surface area contributed by atoms with Crippen molar-refractivity contribution in [2.45, 2.75) is 0 Å². The van der Waals surface area contributed by atoms with E-state index in [4.69, 9.17) is 24.4 Å². The van der Waals surface area contributed by atoms with Gasteiger partial charge in [0, 0.05) is 59.4 Å². The lowest BCUT2D eigenvalue weighted by atomic mass is 9.93. The largest absolute Gasteiger partial charge is 0.455 e. The molecule has 4 heterocycles. The molecule has 0 amide bonds. The van der Waals surface area contributed by atoms with Crippen molar-refractivity contribution in [2.24, 2.45) is 0 Å². The lowest BCUT2D eigenvalue weighted by molar-refractivity contribution is 0.670. The standard InChI is InChI=1S/C52H30N4OS/c1-2-13-32(14-3-1)49-54-50(33-27-25-31(26-28-33)47-39-19-7-6-18-38(39)46-43-20-9-11-24-45(43)58-52(46)53-47)56-51(55-49)42-30-29-36(34-15-4-5-16-35(34)42)40-21-12-22-41-37-17-8-10-23-44(37)57-48(40)41/h1-30H. The van der Waals surface area contributed by atoms with Crippen molar-refractivity contribution in [3.8, 4) is 56.5 Å². The molecule has 0 fully saturated rings. The summed E-state index contributed by atoms with van der Waals surface area (Å²) in [5, 5.41) is 9.17. The van der Waals surface area contributed by atoms with Crippen LogP contribution in [0.5, 0.6) is 0 Å². The van der Waals surface area contributed by atoms with E-state index in [0.29, 0.717) is 17.5 Å². The maximum absolute atomic E-state index is 6.48. The molecule has 12 rings (SSSR count). The Morgan fingerprint density at radius 1 is 0.345 bits per heavy atom. The molecular weight excluding hydrogens is 729 g/mol. The van der Waals surface area contributed by atoms with Crippen LogP contribution in [-0.2, 0) is 0 Å². The number of benzene rings is 8. The number of aromatic nitrogens is 4. The van der Waals surface area contributed by atoms with Crippen LogP contribution in [0.2, 0.25) is 0 Å². The SMILES string of the molecule is c1ccc(-c2nc(-c3ccc(-c4nc5sc6ccccc6c5c5ccccc45)cc3)nc(-c3ccc(-c4cccc5c4oc4ccccc45)c4ccccc34)n2)cc1. The topological polar surface area (TPSA) is 64.7 Å². The predicted octanol–water partition coefficient (Wildman–Crippen LogP) is 14.2. The van der Waals surface area contributed by atoms with Gasteiger partial charge in [-0.1, -0.05) is 164 Å². The average molecular weight is 759 g/mol. The lowest BCUT2D eigenvalue weighted by Crippen LogP contribution is -2.01. The summed E-state index contributed by atoms with van der Waals surface area (Å²) in [6, 6.07) is 63.2. The van der Waals surface area contributed by atoms with Gasteiger partial charge in [-0.25, -0.2) is 19.9 Å². The van der Waals surface area contributed by atoms with E-state index >= 15 is 0 Å². The Morgan fingerprint density at radius 3 is 1.71 bits per heavy atom. The van der Waals surface area contributed by atoms with E-state index in [9.17, 15) is 0 Å². The van der Waals surface area contributed by atoms with Crippen LogP contribution >= 0.6 is 11.3 Å². The van der Waals surface area contributed by atoms with Crippen LogP contribution in [0.1, 0.15) is 0 Å². The second-order valence-electron chi connectivity index (χ2n) is 14.5. The van der Waals surface area contributed by atoms with Gasteiger partial charge in [-0.05, 0) is 39.9 Å². The van der Waals surface area contributed by atoms with E-state index in [1.54, 1.807) is 11.3 Å². The molecule has 0 radical (unpaired) electrons. The maximum atomic E-state index is 6.48. The van der Waals surface area contributed by atoms with Crippen molar-refractivity contribution < 1.29 is 4.42 Å². The Morgan fingerprint density at radius 2 is 0.914 bits per heavy atom. The fourth-order valence-electron chi connectivity index (χ4n) is 8.47. The summed E-state index contributed by atoms with van der Waals surface area (Å²) >= 11 is 1.74. The Hall–Kier alpha value is -7.54. The Balaban J connectivity index is 1.00. The third-order valence-electron chi connectivity index (χ3n) is 11.2. The third kappa shape index (κ3) is 5.16. The van der Waals surface area contributed by atoms with Gasteiger partial charge in [0.2, 0.25) is 0 Å². The molecule has 58 heavy (non-hydrogen) atoms. The predicted molar refractivity (Wildman–Crippen MR) is 240 cm³/mol. The number of hydrogen-bond donors (Lipinski definition) is 0. The number of fused-ring (bicyclic) bond motifs is 9. The molecule has 0 aliphatic carbocycles. The first-order chi connectivity index (χ1) is 28.7. The highest BCUT2D eigenvalue weighted by Crippen LogP contribution is 2.43. The van der Waals surface area contributed by atoms with Gasteiger partial charge < -0.3 is 4.42 Å². The summed E-state index contributed by atoms with van der Waals surface area (Å²) in [5.41, 5.74) is 8.66. The molecule has 0 spiro atoms. The highest BCUT2D eigenvalue weighted by Gasteiger charge is 2.20. The molecule has 12 aromatic rings. The highest BCUT2D eigenvalue weighted by molar-refractivity contribution is 7.25. The van der Waals surface area contributed by atoms with Gasteiger partial charge >= 0.3 is 0 Å². The normalized spacial score (nSPS) is 11.8. The number of hydrogen-bond acceptors (Lipinski definition) is 6. The first-order valence-corrected chi connectivity index (χ1v) is 20.1. The highest BCUT2D eigenvalue weighted by atomic mass is 32.1. The zero-order valence-corrected chi connectivity index (χ0v) is 31.7. The zero-order chi connectivity index (χ0) is 38.2. The summed E-state index contributed by atoms with van der Waals surface area (Å²) in [5.74, 6) is 1.83. The van der Waals surface area contributed by atoms with Crippen molar-refractivity contribution in [2.75, 3.05) is 0 Å². The molecular formula is C52H30N4OS. The van der Waals surface area contributed by atoms with Crippen LogP contribution in [0.15, 0.2) is 186 Å². The molecule has 4 aromatic heterocycles. The van der Waals surface area contributed by atoms with Gasteiger partial charge in [0.25, 0.3) is 0 Å². The van der Waals surface area contributed by atoms with E-state index in [2.05, 4.69) is 140 Å². The van der Waals surface area contributed by atoms with Crippen LogP contribution in [-0.4, -0.2) is 19.9 Å². The molecule has 8 aromatic carbocycles. The fraction of sp³-hybridized carbons (Fsp3) is 0. The monoisotopic (exact) mass is 758 g/mol. The van der Waals surface area contributed by atoms with E-state index < -0.39 is 0 Å². The molecule has 0 atom stereocenters. The summed E-state index contributed by atoms with van der Waals surface area (Å²) < 4.78 is 7.73.